The van der Waals surface area contributed by atoms with Gasteiger partial charge in [-0.3, -0.25) is 9.59 Å². The summed E-state index contributed by atoms with van der Waals surface area (Å²) in [6.45, 7) is 1.49. The maximum absolute atomic E-state index is 12.7. The number of hydrogen-bond acceptors (Lipinski definition) is 3. The van der Waals surface area contributed by atoms with Gasteiger partial charge in [-0.2, -0.15) is 0 Å². The van der Waals surface area contributed by atoms with Gasteiger partial charge in [-0.1, -0.05) is 54.6 Å². The number of carbonyl (C=O) groups excluding carboxylic acids is 3. The van der Waals surface area contributed by atoms with Crippen LogP contribution in [0.25, 0.3) is 0 Å². The zero-order valence-corrected chi connectivity index (χ0v) is 12.3. The van der Waals surface area contributed by atoms with Crippen LogP contribution in [-0.2, 0) is 4.79 Å². The molecule has 2 aromatic carbocycles. The molecule has 0 fully saturated rings. The first-order valence-electron chi connectivity index (χ1n) is 7.31. The van der Waals surface area contributed by atoms with Crippen molar-refractivity contribution in [2.24, 2.45) is 5.92 Å². The molecular weight excluding hydrogens is 276 g/mol. The van der Waals surface area contributed by atoms with Crippen molar-refractivity contribution in [3.05, 3.63) is 71.3 Å². The largest absolute Gasteiger partial charge is 0.300 e. The predicted octanol–water partition coefficient (Wildman–Crippen LogP) is 3.44. The van der Waals surface area contributed by atoms with Crippen LogP contribution < -0.4 is 0 Å². The van der Waals surface area contributed by atoms with Gasteiger partial charge in [0.25, 0.3) is 0 Å². The molecule has 1 aliphatic carbocycles. The van der Waals surface area contributed by atoms with E-state index < -0.39 is 11.8 Å². The zero-order chi connectivity index (χ0) is 15.7. The number of ketones is 3. The number of fused-ring (bicyclic) bond motifs is 1. The molecule has 0 saturated heterocycles. The molecule has 0 radical (unpaired) electrons. The van der Waals surface area contributed by atoms with E-state index in [-0.39, 0.29) is 23.8 Å². The quantitative estimate of drug-likeness (QED) is 0.811. The van der Waals surface area contributed by atoms with Crippen LogP contribution in [0, 0.1) is 5.92 Å². The lowest BCUT2D eigenvalue weighted by atomic mass is 9.80. The molecule has 0 aromatic heterocycles. The number of hydrogen-bond donors (Lipinski definition) is 0. The Bertz CT molecular complexity index is 711. The Balaban J connectivity index is 2.05. The van der Waals surface area contributed by atoms with Crippen molar-refractivity contribution >= 4 is 17.3 Å². The molecule has 0 aliphatic heterocycles. The first-order chi connectivity index (χ1) is 10.6. The molecule has 110 valence electrons. The third-order valence-corrected chi connectivity index (χ3v) is 4.16. The van der Waals surface area contributed by atoms with Gasteiger partial charge in [-0.15, -0.1) is 0 Å². The minimum atomic E-state index is -0.788. The fraction of sp³-hybridized carbons (Fsp3) is 0.211. The topological polar surface area (TPSA) is 51.2 Å². The number of benzene rings is 2. The van der Waals surface area contributed by atoms with Crippen LogP contribution in [0.1, 0.15) is 45.5 Å². The van der Waals surface area contributed by atoms with Gasteiger partial charge in [0.1, 0.15) is 5.78 Å². The Hall–Kier alpha value is -2.55. The number of Topliss-reactive ketones (excluding diaryl/α,β-unsaturated/α-hetero) is 3. The van der Waals surface area contributed by atoms with Gasteiger partial charge in [0.15, 0.2) is 11.6 Å². The highest BCUT2D eigenvalue weighted by atomic mass is 16.2. The Morgan fingerprint density at radius 3 is 1.91 bits per heavy atom. The van der Waals surface area contributed by atoms with Gasteiger partial charge in [0.2, 0.25) is 0 Å². The fourth-order valence-electron chi connectivity index (χ4n) is 3.17. The fourth-order valence-corrected chi connectivity index (χ4v) is 3.17. The maximum Gasteiger partial charge on any atom is 0.175 e. The molecule has 1 atom stereocenters. The minimum Gasteiger partial charge on any atom is -0.300 e. The third kappa shape index (κ3) is 2.39. The molecule has 3 rings (SSSR count). The number of rotatable bonds is 4. The van der Waals surface area contributed by atoms with Crippen LogP contribution in [0.4, 0.5) is 0 Å². The van der Waals surface area contributed by atoms with Gasteiger partial charge in [-0.05, 0) is 12.5 Å². The standard InChI is InChI=1S/C19H16O3/c1-12(20)11-16(13-7-3-2-4-8-13)17-18(21)14-9-5-6-10-15(14)19(17)22/h2-10,16-17H,11H2,1H3/t16-/m1/s1. The first-order valence-corrected chi connectivity index (χ1v) is 7.31. The second kappa shape index (κ2) is 5.68. The SMILES string of the molecule is CC(=O)C[C@H](c1ccccc1)C1C(=O)c2ccccc2C1=O. The van der Waals surface area contributed by atoms with Crippen LogP contribution in [0.5, 0.6) is 0 Å². The highest BCUT2D eigenvalue weighted by Gasteiger charge is 2.43. The van der Waals surface area contributed by atoms with Crippen molar-refractivity contribution in [1.82, 2.24) is 0 Å². The zero-order valence-electron chi connectivity index (χ0n) is 12.3. The van der Waals surface area contributed by atoms with E-state index in [0.717, 1.165) is 5.56 Å². The summed E-state index contributed by atoms with van der Waals surface area (Å²) in [5, 5.41) is 0. The lowest BCUT2D eigenvalue weighted by molar-refractivity contribution is -0.117. The van der Waals surface area contributed by atoms with Gasteiger partial charge >= 0.3 is 0 Å². The predicted molar refractivity (Wildman–Crippen MR) is 83.1 cm³/mol. The van der Waals surface area contributed by atoms with Gasteiger partial charge < -0.3 is 4.79 Å². The van der Waals surface area contributed by atoms with Gasteiger partial charge in [-0.25, -0.2) is 0 Å². The van der Waals surface area contributed by atoms with Crippen LogP contribution >= 0.6 is 0 Å². The summed E-state index contributed by atoms with van der Waals surface area (Å²) in [6, 6.07) is 16.2. The van der Waals surface area contributed by atoms with Gasteiger partial charge in [0, 0.05) is 23.5 Å². The minimum absolute atomic E-state index is 0.0228. The van der Waals surface area contributed by atoms with E-state index >= 15 is 0 Å². The highest BCUT2D eigenvalue weighted by molar-refractivity contribution is 6.27. The van der Waals surface area contributed by atoms with E-state index in [1.54, 1.807) is 24.3 Å². The molecular formula is C19H16O3. The maximum atomic E-state index is 12.7. The van der Waals surface area contributed by atoms with Crippen LogP contribution in [0.15, 0.2) is 54.6 Å². The molecule has 0 saturated carbocycles. The summed E-state index contributed by atoms with van der Waals surface area (Å²) >= 11 is 0. The second-order valence-electron chi connectivity index (χ2n) is 5.68. The van der Waals surface area contributed by atoms with E-state index in [0.29, 0.717) is 11.1 Å². The lowest BCUT2D eigenvalue weighted by Crippen LogP contribution is -2.25. The van der Waals surface area contributed by atoms with E-state index in [1.165, 1.54) is 6.92 Å². The van der Waals surface area contributed by atoms with E-state index in [1.807, 2.05) is 30.3 Å². The van der Waals surface area contributed by atoms with Crippen LogP contribution in [-0.4, -0.2) is 17.3 Å². The molecule has 0 spiro atoms. The summed E-state index contributed by atoms with van der Waals surface area (Å²) in [4.78, 5) is 37.0. The lowest BCUT2D eigenvalue weighted by Gasteiger charge is -2.20. The molecule has 0 amide bonds. The molecule has 0 heterocycles. The average Bonchev–Trinajstić information content (AvgIpc) is 2.78. The molecule has 1 aliphatic rings. The van der Waals surface area contributed by atoms with Crippen LogP contribution in [0.3, 0.4) is 0 Å². The smallest absolute Gasteiger partial charge is 0.175 e. The molecule has 3 heteroatoms. The summed E-state index contributed by atoms with van der Waals surface area (Å²) in [5.41, 5.74) is 1.81. The second-order valence-corrected chi connectivity index (χ2v) is 5.68. The summed E-state index contributed by atoms with van der Waals surface area (Å²) in [7, 11) is 0. The van der Waals surface area contributed by atoms with Crippen molar-refractivity contribution < 1.29 is 14.4 Å². The Kier molecular flexibility index (Phi) is 3.72. The summed E-state index contributed by atoms with van der Waals surface area (Å²) in [5.74, 6) is -1.55. The van der Waals surface area contributed by atoms with E-state index in [9.17, 15) is 14.4 Å². The molecule has 0 unspecified atom stereocenters. The molecule has 0 N–H and O–H groups in total. The Morgan fingerprint density at radius 1 is 0.909 bits per heavy atom. The molecule has 0 bridgehead atoms. The number of carbonyl (C=O) groups is 3. The summed E-state index contributed by atoms with van der Waals surface area (Å²) < 4.78 is 0. The van der Waals surface area contributed by atoms with Crippen molar-refractivity contribution in [2.75, 3.05) is 0 Å². The molecule has 3 nitrogen and oxygen atoms in total. The Morgan fingerprint density at radius 2 is 1.41 bits per heavy atom. The average molecular weight is 292 g/mol. The third-order valence-electron chi connectivity index (χ3n) is 4.16. The van der Waals surface area contributed by atoms with Gasteiger partial charge in [0.05, 0.1) is 5.92 Å². The normalized spacial score (nSPS) is 15.7. The molecule has 2 aromatic rings. The van der Waals surface area contributed by atoms with Crippen molar-refractivity contribution in [2.45, 2.75) is 19.3 Å². The van der Waals surface area contributed by atoms with E-state index in [4.69, 9.17) is 0 Å². The summed E-state index contributed by atoms with van der Waals surface area (Å²) in [6.07, 6.45) is 0.195. The van der Waals surface area contributed by atoms with Crippen molar-refractivity contribution in [3.63, 3.8) is 0 Å². The first kappa shape index (κ1) is 14.4. The molecule has 22 heavy (non-hydrogen) atoms. The van der Waals surface area contributed by atoms with Crippen molar-refractivity contribution in [3.8, 4) is 0 Å². The van der Waals surface area contributed by atoms with Crippen LogP contribution in [0.2, 0.25) is 0 Å². The monoisotopic (exact) mass is 292 g/mol. The van der Waals surface area contributed by atoms with Crippen molar-refractivity contribution in [1.29, 1.82) is 0 Å². The highest BCUT2D eigenvalue weighted by Crippen LogP contribution is 2.38. The Labute approximate surface area is 129 Å². The van der Waals surface area contributed by atoms with E-state index in [2.05, 4.69) is 0 Å².